The Kier molecular flexibility index (Phi) is 7.81. The molecule has 9 nitrogen and oxygen atoms in total. The number of hydrogen-bond donors (Lipinski definition) is 0. The van der Waals surface area contributed by atoms with Crippen molar-refractivity contribution < 1.29 is 22.8 Å². The number of benzene rings is 3. The Morgan fingerprint density at radius 1 is 1.02 bits per heavy atom. The third kappa shape index (κ3) is 5.41. The van der Waals surface area contributed by atoms with Crippen LogP contribution in [-0.4, -0.2) is 61.3 Å². The number of amides is 2. The van der Waals surface area contributed by atoms with Crippen LogP contribution in [0.2, 0.25) is 0 Å². The Labute approximate surface area is 281 Å². The molecule has 2 aliphatic heterocycles. The Morgan fingerprint density at radius 2 is 1.75 bits per heavy atom. The lowest BCUT2D eigenvalue weighted by Crippen LogP contribution is -2.46. The molecule has 0 spiro atoms. The second-order valence-electron chi connectivity index (χ2n) is 12.0. The average Bonchev–Trinajstić information content (AvgIpc) is 3.63. The number of fused-ring (bicyclic) bond motifs is 3. The molecule has 4 heterocycles. The molecule has 244 valence electrons. The first-order chi connectivity index (χ1) is 22.9. The standard InChI is InChI=1S/C35H28BrF3N6O3/c1-20-14-26-29(19-43(20)33(47)23-10-13-28(36)27(16-23)35(37,38)39)45-32(24(17-41-45)15-21-6-4-3-5-7-21)44(34(26)48)25-11-8-22(9-12-25)31-40-18-30(46)42(31)2/h3-13,16-17,20H,14-15,18-19H2,1-2H3/t20-/m0/s1. The number of hydrogen-bond acceptors (Lipinski definition) is 5. The molecule has 0 bridgehead atoms. The van der Waals surface area contributed by atoms with Crippen molar-refractivity contribution in [3.63, 3.8) is 0 Å². The maximum absolute atomic E-state index is 14.5. The van der Waals surface area contributed by atoms with Gasteiger partial charge in [0.05, 0.1) is 29.7 Å². The molecule has 0 unspecified atom stereocenters. The quantitative estimate of drug-likeness (QED) is 0.235. The van der Waals surface area contributed by atoms with Gasteiger partial charge in [-0.3, -0.25) is 28.8 Å². The van der Waals surface area contributed by atoms with Gasteiger partial charge in [0, 0.05) is 46.2 Å². The number of amidine groups is 1. The maximum atomic E-state index is 14.5. The second kappa shape index (κ2) is 11.9. The minimum absolute atomic E-state index is 0.0229. The summed E-state index contributed by atoms with van der Waals surface area (Å²) in [6, 6.07) is 19.9. The lowest BCUT2D eigenvalue weighted by molar-refractivity contribution is -0.138. The predicted octanol–water partition coefficient (Wildman–Crippen LogP) is 5.66. The largest absolute Gasteiger partial charge is 0.417 e. The smallest absolute Gasteiger partial charge is 0.330 e. The molecular formula is C35H28BrF3N6O3. The highest BCUT2D eigenvalue weighted by atomic mass is 79.9. The number of halogens is 4. The van der Waals surface area contributed by atoms with Crippen LogP contribution >= 0.6 is 15.9 Å². The highest BCUT2D eigenvalue weighted by Gasteiger charge is 2.36. The molecule has 0 saturated heterocycles. The van der Waals surface area contributed by atoms with Gasteiger partial charge in [-0.25, -0.2) is 4.52 Å². The Bertz CT molecular complexity index is 2190. The molecule has 13 heteroatoms. The molecule has 1 atom stereocenters. The van der Waals surface area contributed by atoms with Gasteiger partial charge in [0.15, 0.2) is 0 Å². The highest BCUT2D eigenvalue weighted by Crippen LogP contribution is 2.36. The summed E-state index contributed by atoms with van der Waals surface area (Å²) in [5.74, 6) is -0.126. The first kappa shape index (κ1) is 31.6. The van der Waals surface area contributed by atoms with Crippen molar-refractivity contribution in [3.8, 4) is 5.69 Å². The number of nitrogens with zero attached hydrogens (tertiary/aromatic N) is 6. The van der Waals surface area contributed by atoms with E-state index in [-0.39, 0.29) is 41.0 Å². The summed E-state index contributed by atoms with van der Waals surface area (Å²) < 4.78 is 44.2. The van der Waals surface area contributed by atoms with E-state index in [2.05, 4.69) is 20.9 Å². The average molecular weight is 718 g/mol. The van der Waals surface area contributed by atoms with E-state index < -0.39 is 23.7 Å². The fourth-order valence-corrected chi connectivity index (χ4v) is 6.87. The summed E-state index contributed by atoms with van der Waals surface area (Å²) in [6.45, 7) is 1.84. The molecule has 3 aromatic carbocycles. The van der Waals surface area contributed by atoms with Crippen LogP contribution in [0.4, 0.5) is 13.2 Å². The molecule has 0 N–H and O–H groups in total. The highest BCUT2D eigenvalue weighted by molar-refractivity contribution is 9.10. The number of aliphatic imine (C=N–C) groups is 1. The third-order valence-corrected chi connectivity index (χ3v) is 9.59. The summed E-state index contributed by atoms with van der Waals surface area (Å²) in [5, 5.41) is 4.70. The number of rotatable bonds is 5. The molecule has 0 aliphatic carbocycles. The van der Waals surface area contributed by atoms with Crippen LogP contribution in [0.25, 0.3) is 11.3 Å². The van der Waals surface area contributed by atoms with Crippen LogP contribution < -0.4 is 5.56 Å². The number of carbonyl (C=O) groups excluding carboxylic acids is 2. The predicted molar refractivity (Wildman–Crippen MR) is 176 cm³/mol. The molecule has 0 radical (unpaired) electrons. The number of carbonyl (C=O) groups is 2. The topological polar surface area (TPSA) is 92.3 Å². The van der Waals surface area contributed by atoms with E-state index in [0.717, 1.165) is 22.8 Å². The molecule has 2 aromatic heterocycles. The van der Waals surface area contributed by atoms with Crippen LogP contribution in [0.15, 0.2) is 93.3 Å². The molecular weight excluding hydrogens is 689 g/mol. The first-order valence-electron chi connectivity index (χ1n) is 15.2. The summed E-state index contributed by atoms with van der Waals surface area (Å²) in [4.78, 5) is 47.6. The fourth-order valence-electron chi connectivity index (χ4n) is 6.40. The van der Waals surface area contributed by atoms with Crippen molar-refractivity contribution in [3.05, 3.63) is 133 Å². The van der Waals surface area contributed by atoms with Crippen molar-refractivity contribution in [2.24, 2.45) is 4.99 Å². The molecule has 5 aromatic rings. The van der Waals surface area contributed by atoms with Gasteiger partial charge < -0.3 is 4.90 Å². The van der Waals surface area contributed by atoms with E-state index in [1.807, 2.05) is 42.5 Å². The monoisotopic (exact) mass is 716 g/mol. The van der Waals surface area contributed by atoms with Gasteiger partial charge in [-0.2, -0.15) is 18.3 Å². The Morgan fingerprint density at radius 3 is 2.42 bits per heavy atom. The van der Waals surface area contributed by atoms with E-state index in [0.29, 0.717) is 34.8 Å². The molecule has 48 heavy (non-hydrogen) atoms. The summed E-state index contributed by atoms with van der Waals surface area (Å²) in [6.07, 6.45) is -2.29. The molecule has 2 aliphatic rings. The zero-order valence-electron chi connectivity index (χ0n) is 25.8. The lowest BCUT2D eigenvalue weighted by atomic mass is 9.97. The van der Waals surface area contributed by atoms with E-state index in [9.17, 15) is 27.6 Å². The zero-order chi connectivity index (χ0) is 33.9. The Balaban J connectivity index is 1.34. The van der Waals surface area contributed by atoms with Crippen LogP contribution in [-0.2, 0) is 30.4 Å². The number of alkyl halides is 3. The lowest BCUT2D eigenvalue weighted by Gasteiger charge is -2.35. The minimum atomic E-state index is -4.65. The van der Waals surface area contributed by atoms with Crippen molar-refractivity contribution in [1.29, 1.82) is 0 Å². The van der Waals surface area contributed by atoms with Crippen LogP contribution in [0.1, 0.15) is 50.8 Å². The van der Waals surface area contributed by atoms with Gasteiger partial charge in [0.1, 0.15) is 18.0 Å². The Hall–Kier alpha value is -5.04. The van der Waals surface area contributed by atoms with Crippen molar-refractivity contribution in [1.82, 2.24) is 24.0 Å². The van der Waals surface area contributed by atoms with Gasteiger partial charge >= 0.3 is 6.18 Å². The normalized spacial score (nSPS) is 16.4. The minimum Gasteiger partial charge on any atom is -0.330 e. The zero-order valence-corrected chi connectivity index (χ0v) is 27.4. The van der Waals surface area contributed by atoms with Crippen molar-refractivity contribution in [2.75, 3.05) is 13.6 Å². The van der Waals surface area contributed by atoms with E-state index >= 15 is 0 Å². The second-order valence-corrected chi connectivity index (χ2v) is 12.8. The molecule has 0 saturated carbocycles. The number of aromatic nitrogens is 3. The van der Waals surface area contributed by atoms with Gasteiger partial charge in [-0.15, -0.1) is 0 Å². The van der Waals surface area contributed by atoms with E-state index in [1.54, 1.807) is 41.4 Å². The van der Waals surface area contributed by atoms with E-state index in [4.69, 9.17) is 5.10 Å². The number of likely N-dealkylation sites (N-methyl/N-ethyl adjacent to an activating group) is 1. The molecule has 2 amide bonds. The van der Waals surface area contributed by atoms with E-state index in [1.165, 1.54) is 21.9 Å². The summed E-state index contributed by atoms with van der Waals surface area (Å²) in [7, 11) is 1.67. The van der Waals surface area contributed by atoms with Crippen molar-refractivity contribution in [2.45, 2.75) is 38.5 Å². The third-order valence-electron chi connectivity index (χ3n) is 8.90. The maximum Gasteiger partial charge on any atom is 0.417 e. The summed E-state index contributed by atoms with van der Waals surface area (Å²) >= 11 is 2.94. The van der Waals surface area contributed by atoms with Crippen LogP contribution in [0.3, 0.4) is 0 Å². The summed E-state index contributed by atoms with van der Waals surface area (Å²) in [5.41, 5.74) is 3.27. The van der Waals surface area contributed by atoms with Gasteiger partial charge in [0.2, 0.25) is 5.91 Å². The van der Waals surface area contributed by atoms with Crippen LogP contribution in [0.5, 0.6) is 0 Å². The van der Waals surface area contributed by atoms with Gasteiger partial charge in [-0.1, -0.05) is 46.3 Å². The first-order valence-corrected chi connectivity index (χ1v) is 16.0. The van der Waals surface area contributed by atoms with Gasteiger partial charge in [0.25, 0.3) is 11.5 Å². The van der Waals surface area contributed by atoms with Crippen LogP contribution in [0, 0.1) is 0 Å². The molecule has 0 fully saturated rings. The fraction of sp³-hybridized carbons (Fsp3) is 0.229. The molecule has 7 rings (SSSR count). The SMILES string of the molecule is C[C@H]1Cc2c(n3ncc(Cc4ccccc4)c3n(-c3ccc(C4=NCC(=O)N4C)cc3)c2=O)CN1C(=O)c1ccc(Br)c(C(F)(F)F)c1. The van der Waals surface area contributed by atoms with Gasteiger partial charge in [-0.05, 0) is 61.4 Å². The van der Waals surface area contributed by atoms with Crippen molar-refractivity contribution >= 4 is 39.2 Å².